The third kappa shape index (κ3) is 4.53. The van der Waals surface area contributed by atoms with E-state index in [4.69, 9.17) is 4.74 Å². The Morgan fingerprint density at radius 3 is 2.67 bits per heavy atom. The van der Waals surface area contributed by atoms with Crippen molar-refractivity contribution in [1.29, 1.82) is 0 Å². The zero-order valence-corrected chi connectivity index (χ0v) is 12.2. The van der Waals surface area contributed by atoms with Gasteiger partial charge in [0.1, 0.15) is 12.4 Å². The lowest BCUT2D eigenvalue weighted by molar-refractivity contribution is 0.114. The van der Waals surface area contributed by atoms with Crippen molar-refractivity contribution in [2.45, 2.75) is 32.7 Å². The first-order valence-corrected chi connectivity index (χ1v) is 6.45. The van der Waals surface area contributed by atoms with E-state index in [9.17, 15) is 0 Å². The molecule has 4 nitrogen and oxygen atoms in total. The van der Waals surface area contributed by atoms with Gasteiger partial charge in [0.25, 0.3) is 0 Å². The van der Waals surface area contributed by atoms with Crippen LogP contribution in [-0.2, 0) is 0 Å². The van der Waals surface area contributed by atoms with E-state index in [1.54, 1.807) is 6.20 Å². The quantitative estimate of drug-likeness (QED) is 0.808. The lowest BCUT2D eigenvalue weighted by Gasteiger charge is -2.32. The molecular formula is C14H25N3O. The number of hydrogen-bond donors (Lipinski definition) is 1. The molecule has 0 unspecified atom stereocenters. The van der Waals surface area contributed by atoms with Gasteiger partial charge in [-0.05, 0) is 34.4 Å². The lowest BCUT2D eigenvalue weighted by atomic mass is 10.1. The molecule has 0 aliphatic heterocycles. The highest BCUT2D eigenvalue weighted by atomic mass is 16.5. The van der Waals surface area contributed by atoms with Crippen LogP contribution in [-0.4, -0.2) is 42.7 Å². The maximum Gasteiger partial charge on any atom is 0.139 e. The highest BCUT2D eigenvalue weighted by molar-refractivity contribution is 5.45. The summed E-state index contributed by atoms with van der Waals surface area (Å²) in [5.41, 5.74) is 1.02. The van der Waals surface area contributed by atoms with Gasteiger partial charge in [-0.25, -0.2) is 0 Å². The van der Waals surface area contributed by atoms with E-state index in [0.717, 1.165) is 24.4 Å². The minimum absolute atomic E-state index is 0.00680. The fraction of sp³-hybridized carbons (Fsp3) is 0.643. The van der Waals surface area contributed by atoms with Crippen molar-refractivity contribution in [3.05, 3.63) is 18.5 Å². The van der Waals surface area contributed by atoms with E-state index >= 15 is 0 Å². The number of nitrogens with zero attached hydrogens (tertiary/aromatic N) is 2. The van der Waals surface area contributed by atoms with Gasteiger partial charge in [-0.2, -0.15) is 0 Å². The summed E-state index contributed by atoms with van der Waals surface area (Å²) in [5.74, 6) is 0.811. The number of ether oxygens (including phenoxy) is 1. The molecule has 0 spiro atoms. The Hall–Kier alpha value is -1.29. The zero-order chi connectivity index (χ0) is 13.6. The fourth-order valence-corrected chi connectivity index (χ4v) is 1.25. The van der Waals surface area contributed by atoms with E-state index in [-0.39, 0.29) is 5.54 Å². The summed E-state index contributed by atoms with van der Waals surface area (Å²) < 4.78 is 5.81. The van der Waals surface area contributed by atoms with Crippen LogP contribution in [0.4, 0.5) is 5.69 Å². The Morgan fingerprint density at radius 1 is 1.33 bits per heavy atom. The molecule has 102 valence electrons. The molecular weight excluding hydrogens is 226 g/mol. The molecule has 1 rings (SSSR count). The highest BCUT2D eigenvalue weighted by Crippen LogP contribution is 2.18. The monoisotopic (exact) mass is 251 g/mol. The van der Waals surface area contributed by atoms with E-state index in [0.29, 0.717) is 6.61 Å². The molecule has 1 aromatic heterocycles. The Balaban J connectivity index is 2.57. The summed E-state index contributed by atoms with van der Waals surface area (Å²) in [6.07, 6.45) is 4.67. The van der Waals surface area contributed by atoms with E-state index in [1.807, 2.05) is 12.3 Å². The maximum absolute atomic E-state index is 5.81. The number of anilines is 1. The number of rotatable bonds is 7. The summed E-state index contributed by atoms with van der Waals surface area (Å²) in [6, 6.07) is 1.99. The molecule has 0 bridgehead atoms. The molecule has 0 saturated carbocycles. The van der Waals surface area contributed by atoms with E-state index in [2.05, 4.69) is 50.1 Å². The first-order chi connectivity index (χ1) is 8.45. The first kappa shape index (κ1) is 14.8. The number of hydrogen-bond acceptors (Lipinski definition) is 4. The average Bonchev–Trinajstić information content (AvgIpc) is 2.34. The van der Waals surface area contributed by atoms with Crippen LogP contribution in [0.25, 0.3) is 0 Å². The molecule has 0 atom stereocenters. The molecule has 0 aliphatic rings. The Bertz CT molecular complexity index is 364. The van der Waals surface area contributed by atoms with Gasteiger partial charge in [0.15, 0.2) is 0 Å². The van der Waals surface area contributed by atoms with Gasteiger partial charge >= 0.3 is 0 Å². The summed E-state index contributed by atoms with van der Waals surface area (Å²) in [5, 5.41) is 3.30. The molecule has 1 aromatic rings. The normalized spacial score (nSPS) is 11.7. The van der Waals surface area contributed by atoms with Crippen LogP contribution in [0.2, 0.25) is 0 Å². The SMILES string of the molecule is CCCNc1cncc(OCC(C)(C)N(C)C)c1. The number of aromatic nitrogens is 1. The Morgan fingerprint density at radius 2 is 2.06 bits per heavy atom. The van der Waals surface area contributed by atoms with Crippen LogP contribution in [0.5, 0.6) is 5.75 Å². The third-order valence-electron chi connectivity index (χ3n) is 3.09. The molecule has 1 heterocycles. The smallest absolute Gasteiger partial charge is 0.139 e. The fourth-order valence-electron chi connectivity index (χ4n) is 1.25. The van der Waals surface area contributed by atoms with Gasteiger partial charge in [-0.15, -0.1) is 0 Å². The van der Waals surface area contributed by atoms with Crippen molar-refractivity contribution in [3.63, 3.8) is 0 Å². The minimum atomic E-state index is 0.00680. The van der Waals surface area contributed by atoms with Crippen LogP contribution < -0.4 is 10.1 Å². The van der Waals surface area contributed by atoms with Gasteiger partial charge in [0.05, 0.1) is 18.1 Å². The number of nitrogens with one attached hydrogen (secondary N) is 1. The van der Waals surface area contributed by atoms with E-state index in [1.165, 1.54) is 0 Å². The van der Waals surface area contributed by atoms with Gasteiger partial charge in [-0.1, -0.05) is 6.92 Å². The summed E-state index contributed by atoms with van der Waals surface area (Å²) in [4.78, 5) is 6.33. The molecule has 1 N–H and O–H groups in total. The van der Waals surface area contributed by atoms with Crippen molar-refractivity contribution in [2.24, 2.45) is 0 Å². The van der Waals surface area contributed by atoms with Crippen molar-refractivity contribution >= 4 is 5.69 Å². The highest BCUT2D eigenvalue weighted by Gasteiger charge is 2.21. The van der Waals surface area contributed by atoms with Crippen molar-refractivity contribution in [2.75, 3.05) is 32.6 Å². The molecule has 4 heteroatoms. The van der Waals surface area contributed by atoms with Gasteiger partial charge < -0.3 is 15.0 Å². The predicted molar refractivity (Wildman–Crippen MR) is 76.3 cm³/mol. The zero-order valence-electron chi connectivity index (χ0n) is 12.2. The van der Waals surface area contributed by atoms with Crippen molar-refractivity contribution in [3.8, 4) is 5.75 Å². The molecule has 0 fully saturated rings. The second kappa shape index (κ2) is 6.59. The maximum atomic E-state index is 5.81. The van der Waals surface area contributed by atoms with Crippen LogP contribution in [0, 0.1) is 0 Å². The van der Waals surface area contributed by atoms with Crippen LogP contribution in [0.3, 0.4) is 0 Å². The molecule has 18 heavy (non-hydrogen) atoms. The summed E-state index contributed by atoms with van der Waals surface area (Å²) in [7, 11) is 4.11. The van der Waals surface area contributed by atoms with Gasteiger partial charge in [-0.3, -0.25) is 4.98 Å². The van der Waals surface area contributed by atoms with Crippen LogP contribution in [0.1, 0.15) is 27.2 Å². The number of pyridine rings is 1. The molecule has 0 radical (unpaired) electrons. The Labute approximate surface area is 110 Å². The van der Waals surface area contributed by atoms with Gasteiger partial charge in [0, 0.05) is 18.2 Å². The molecule has 0 aromatic carbocycles. The second-order valence-electron chi connectivity index (χ2n) is 5.33. The second-order valence-corrected chi connectivity index (χ2v) is 5.33. The van der Waals surface area contributed by atoms with Crippen LogP contribution >= 0.6 is 0 Å². The minimum Gasteiger partial charge on any atom is -0.490 e. The molecule has 0 aliphatic carbocycles. The van der Waals surface area contributed by atoms with E-state index < -0.39 is 0 Å². The van der Waals surface area contributed by atoms with Crippen molar-refractivity contribution in [1.82, 2.24) is 9.88 Å². The van der Waals surface area contributed by atoms with Crippen molar-refractivity contribution < 1.29 is 4.74 Å². The third-order valence-corrected chi connectivity index (χ3v) is 3.09. The summed E-state index contributed by atoms with van der Waals surface area (Å²) in [6.45, 7) is 8.03. The standard InChI is InChI=1S/C14H25N3O/c1-6-7-16-12-8-13(10-15-9-12)18-11-14(2,3)17(4)5/h8-10,16H,6-7,11H2,1-5H3. The molecule has 0 amide bonds. The predicted octanol–water partition coefficient (Wildman–Crippen LogP) is 2.62. The first-order valence-electron chi connectivity index (χ1n) is 6.45. The Kier molecular flexibility index (Phi) is 5.41. The summed E-state index contributed by atoms with van der Waals surface area (Å²) >= 11 is 0. The topological polar surface area (TPSA) is 37.4 Å². The van der Waals surface area contributed by atoms with Gasteiger partial charge in [0.2, 0.25) is 0 Å². The average molecular weight is 251 g/mol. The number of likely N-dealkylation sites (N-methyl/N-ethyl adjacent to an activating group) is 1. The lowest BCUT2D eigenvalue weighted by Crippen LogP contribution is -2.43. The van der Waals surface area contributed by atoms with Crippen LogP contribution in [0.15, 0.2) is 18.5 Å². The largest absolute Gasteiger partial charge is 0.490 e. The molecule has 0 saturated heterocycles.